The summed E-state index contributed by atoms with van der Waals surface area (Å²) in [7, 11) is 0. The number of thioether (sulfide) groups is 1. The molecular formula is C14H21NO2S. The van der Waals surface area contributed by atoms with E-state index in [0.29, 0.717) is 6.42 Å². The summed E-state index contributed by atoms with van der Waals surface area (Å²) >= 11 is 1.62. The highest BCUT2D eigenvalue weighted by Crippen LogP contribution is 2.17. The van der Waals surface area contributed by atoms with E-state index in [1.54, 1.807) is 18.7 Å². The van der Waals surface area contributed by atoms with Crippen molar-refractivity contribution in [3.8, 4) is 0 Å². The molecular weight excluding hydrogens is 246 g/mol. The molecule has 4 heteroatoms. The van der Waals surface area contributed by atoms with Crippen LogP contribution in [0.5, 0.6) is 0 Å². The lowest BCUT2D eigenvalue weighted by Gasteiger charge is -2.13. The largest absolute Gasteiger partial charge is 0.392 e. The molecule has 1 rings (SSSR count). The molecule has 1 aromatic carbocycles. The number of hydrogen-bond donors (Lipinski definition) is 2. The van der Waals surface area contributed by atoms with Crippen LogP contribution in [-0.4, -0.2) is 28.1 Å². The van der Waals surface area contributed by atoms with Gasteiger partial charge in [0.2, 0.25) is 5.91 Å². The summed E-state index contributed by atoms with van der Waals surface area (Å²) in [6.07, 6.45) is 0.130. The van der Waals surface area contributed by atoms with E-state index in [-0.39, 0.29) is 17.3 Å². The summed E-state index contributed by atoms with van der Waals surface area (Å²) in [5.74, 6) is 0.749. The number of aliphatic hydroxyl groups excluding tert-OH is 1. The highest BCUT2D eigenvalue weighted by molar-refractivity contribution is 7.99. The minimum absolute atomic E-state index is 0.0228. The van der Waals surface area contributed by atoms with Gasteiger partial charge >= 0.3 is 0 Å². The van der Waals surface area contributed by atoms with Gasteiger partial charge in [-0.15, -0.1) is 0 Å². The number of anilines is 1. The molecule has 3 nitrogen and oxygen atoms in total. The summed E-state index contributed by atoms with van der Waals surface area (Å²) in [4.78, 5) is 11.7. The van der Waals surface area contributed by atoms with Crippen LogP contribution in [0.3, 0.4) is 0 Å². The van der Waals surface area contributed by atoms with Gasteiger partial charge in [-0.1, -0.05) is 25.1 Å². The van der Waals surface area contributed by atoms with Crippen molar-refractivity contribution >= 4 is 23.4 Å². The van der Waals surface area contributed by atoms with Crippen molar-refractivity contribution in [3.05, 3.63) is 29.8 Å². The third-order valence-electron chi connectivity index (χ3n) is 2.81. The molecule has 18 heavy (non-hydrogen) atoms. The number of para-hydroxylation sites is 1. The maximum atomic E-state index is 11.7. The zero-order chi connectivity index (χ0) is 13.5. The third-order valence-corrected chi connectivity index (χ3v) is 4.17. The number of amides is 1. The fourth-order valence-corrected chi connectivity index (χ4v) is 2.36. The number of aliphatic hydroxyl groups is 1. The monoisotopic (exact) mass is 267 g/mol. The van der Waals surface area contributed by atoms with Crippen LogP contribution >= 0.6 is 11.8 Å². The number of carbonyl (C=O) groups excluding carboxylic acids is 1. The fraction of sp³-hybridized carbons (Fsp3) is 0.500. The van der Waals surface area contributed by atoms with Crippen molar-refractivity contribution in [1.29, 1.82) is 0 Å². The van der Waals surface area contributed by atoms with Crippen LogP contribution in [0, 0.1) is 6.92 Å². The summed E-state index contributed by atoms with van der Waals surface area (Å²) < 4.78 is 0. The van der Waals surface area contributed by atoms with Crippen LogP contribution in [-0.2, 0) is 4.79 Å². The molecule has 1 amide bonds. The lowest BCUT2D eigenvalue weighted by Crippen LogP contribution is -2.18. The number of rotatable bonds is 6. The molecule has 0 saturated heterocycles. The maximum absolute atomic E-state index is 11.7. The first kappa shape index (κ1) is 15.1. The molecule has 2 atom stereocenters. The molecule has 0 saturated carbocycles. The minimum Gasteiger partial charge on any atom is -0.392 e. The molecule has 0 bridgehead atoms. The molecule has 0 fully saturated rings. The zero-order valence-electron chi connectivity index (χ0n) is 11.1. The molecule has 0 radical (unpaired) electrons. The molecule has 2 N–H and O–H groups in total. The number of hydrogen-bond acceptors (Lipinski definition) is 3. The van der Waals surface area contributed by atoms with Crippen molar-refractivity contribution in [2.45, 2.75) is 38.5 Å². The number of benzene rings is 1. The first-order valence-corrected chi connectivity index (χ1v) is 7.20. The van der Waals surface area contributed by atoms with Gasteiger partial charge < -0.3 is 10.4 Å². The zero-order valence-corrected chi connectivity index (χ0v) is 12.0. The Morgan fingerprint density at radius 2 is 2.06 bits per heavy atom. The number of nitrogens with one attached hydrogen (secondary N) is 1. The van der Waals surface area contributed by atoms with E-state index in [1.807, 2.05) is 38.1 Å². The highest BCUT2D eigenvalue weighted by atomic mass is 32.2. The van der Waals surface area contributed by atoms with Crippen molar-refractivity contribution in [1.82, 2.24) is 0 Å². The van der Waals surface area contributed by atoms with Crippen molar-refractivity contribution in [2.75, 3.05) is 11.1 Å². The SMILES string of the molecule is Cc1ccccc1NC(=O)CCS[C@@H](C)[C@H](C)O. The van der Waals surface area contributed by atoms with E-state index < -0.39 is 0 Å². The fourth-order valence-electron chi connectivity index (χ4n) is 1.40. The average molecular weight is 267 g/mol. The average Bonchev–Trinajstić information content (AvgIpc) is 2.32. The van der Waals surface area contributed by atoms with E-state index in [1.165, 1.54) is 0 Å². The Bertz CT molecular complexity index is 393. The Kier molecular flexibility index (Phi) is 6.22. The molecule has 0 aliphatic heterocycles. The van der Waals surface area contributed by atoms with E-state index in [9.17, 15) is 9.90 Å². The summed E-state index contributed by atoms with van der Waals surface area (Å²) in [6, 6.07) is 7.73. The third kappa shape index (κ3) is 5.10. The second kappa shape index (κ2) is 7.44. The smallest absolute Gasteiger partial charge is 0.225 e. The highest BCUT2D eigenvalue weighted by Gasteiger charge is 2.10. The van der Waals surface area contributed by atoms with Crippen LogP contribution in [0.25, 0.3) is 0 Å². The van der Waals surface area contributed by atoms with Gasteiger partial charge in [-0.2, -0.15) is 11.8 Å². The van der Waals surface area contributed by atoms with Gasteiger partial charge in [-0.25, -0.2) is 0 Å². The maximum Gasteiger partial charge on any atom is 0.225 e. The first-order valence-electron chi connectivity index (χ1n) is 6.16. The Hall–Kier alpha value is -1.000. The van der Waals surface area contributed by atoms with Crippen LogP contribution in [0.2, 0.25) is 0 Å². The predicted octanol–water partition coefficient (Wildman–Crippen LogP) is 2.83. The topological polar surface area (TPSA) is 49.3 Å². The van der Waals surface area contributed by atoms with Crippen LogP contribution in [0.1, 0.15) is 25.8 Å². The Balaban J connectivity index is 2.33. The predicted molar refractivity (Wildman–Crippen MR) is 78.0 cm³/mol. The van der Waals surface area contributed by atoms with Gasteiger partial charge in [-0.3, -0.25) is 4.79 Å². The molecule has 0 spiro atoms. The molecule has 100 valence electrons. The first-order chi connectivity index (χ1) is 8.50. The summed E-state index contributed by atoms with van der Waals surface area (Å²) in [6.45, 7) is 5.71. The second-order valence-corrected chi connectivity index (χ2v) is 5.91. The number of carbonyl (C=O) groups is 1. The van der Waals surface area contributed by atoms with Crippen molar-refractivity contribution in [2.24, 2.45) is 0 Å². The lowest BCUT2D eigenvalue weighted by atomic mass is 10.2. The molecule has 0 aliphatic rings. The van der Waals surface area contributed by atoms with E-state index >= 15 is 0 Å². The quantitative estimate of drug-likeness (QED) is 0.833. The Morgan fingerprint density at radius 1 is 1.39 bits per heavy atom. The Labute approximate surface area is 113 Å². The van der Waals surface area contributed by atoms with Crippen LogP contribution < -0.4 is 5.32 Å². The van der Waals surface area contributed by atoms with E-state index in [0.717, 1.165) is 17.0 Å². The summed E-state index contributed by atoms with van der Waals surface area (Å²) in [5.41, 5.74) is 1.94. The van der Waals surface area contributed by atoms with Crippen molar-refractivity contribution in [3.63, 3.8) is 0 Å². The minimum atomic E-state index is -0.338. The van der Waals surface area contributed by atoms with Crippen molar-refractivity contribution < 1.29 is 9.90 Å². The van der Waals surface area contributed by atoms with Crippen LogP contribution in [0.15, 0.2) is 24.3 Å². The van der Waals surface area contributed by atoms with Gasteiger partial charge in [0.15, 0.2) is 0 Å². The molecule has 0 aromatic heterocycles. The van der Waals surface area contributed by atoms with Gasteiger partial charge in [0, 0.05) is 23.1 Å². The van der Waals surface area contributed by atoms with Crippen LogP contribution in [0.4, 0.5) is 5.69 Å². The second-order valence-electron chi connectivity index (χ2n) is 4.43. The molecule has 0 unspecified atom stereocenters. The number of aryl methyl sites for hydroxylation is 1. The van der Waals surface area contributed by atoms with Gasteiger partial charge in [-0.05, 0) is 25.5 Å². The Morgan fingerprint density at radius 3 is 2.67 bits per heavy atom. The normalized spacial score (nSPS) is 14.0. The summed E-state index contributed by atoms with van der Waals surface area (Å²) in [5, 5.41) is 12.4. The molecule has 0 heterocycles. The van der Waals surface area contributed by atoms with Gasteiger partial charge in [0.25, 0.3) is 0 Å². The molecule has 1 aromatic rings. The standard InChI is InChI=1S/C14H21NO2S/c1-10-6-4-5-7-13(10)15-14(17)8-9-18-12(3)11(2)16/h4-7,11-12,16H,8-9H2,1-3H3,(H,15,17)/t11-,12-/m0/s1. The van der Waals surface area contributed by atoms with E-state index in [2.05, 4.69) is 5.32 Å². The van der Waals surface area contributed by atoms with Gasteiger partial charge in [0.05, 0.1) is 6.10 Å². The van der Waals surface area contributed by atoms with Gasteiger partial charge in [0.1, 0.15) is 0 Å². The molecule has 0 aliphatic carbocycles. The van der Waals surface area contributed by atoms with E-state index in [4.69, 9.17) is 0 Å². The lowest BCUT2D eigenvalue weighted by molar-refractivity contribution is -0.115.